The van der Waals surface area contributed by atoms with E-state index in [1.165, 1.54) is 6.92 Å². The Morgan fingerprint density at radius 1 is 1.12 bits per heavy atom. The minimum Gasteiger partial charge on any atom is -0.356 e. The van der Waals surface area contributed by atoms with Gasteiger partial charge in [0, 0.05) is 20.0 Å². The van der Waals surface area contributed by atoms with E-state index in [9.17, 15) is 13.2 Å². The Hall–Kier alpha value is -0.620. The number of rotatable bonds is 9. The molecule has 0 aliphatic heterocycles. The van der Waals surface area contributed by atoms with E-state index in [-0.39, 0.29) is 11.7 Å². The minimum atomic E-state index is -3.08. The largest absolute Gasteiger partial charge is 0.356 e. The summed E-state index contributed by atoms with van der Waals surface area (Å²) >= 11 is 0. The van der Waals surface area contributed by atoms with Gasteiger partial charge in [-0.25, -0.2) is 13.1 Å². The van der Waals surface area contributed by atoms with Crippen molar-refractivity contribution in [2.24, 2.45) is 0 Å². The molecule has 16 heavy (non-hydrogen) atoms. The fraction of sp³-hybridized carbons (Fsp3) is 0.900. The average Bonchev–Trinajstić information content (AvgIpc) is 2.20. The van der Waals surface area contributed by atoms with Crippen molar-refractivity contribution in [3.8, 4) is 0 Å². The average molecular weight is 250 g/mol. The van der Waals surface area contributed by atoms with E-state index in [4.69, 9.17) is 0 Å². The molecular weight excluding hydrogens is 228 g/mol. The topological polar surface area (TPSA) is 75.3 Å². The molecule has 6 heteroatoms. The summed E-state index contributed by atoms with van der Waals surface area (Å²) in [4.78, 5) is 10.5. The van der Waals surface area contributed by atoms with E-state index in [0.29, 0.717) is 19.5 Å². The first-order valence-electron chi connectivity index (χ1n) is 5.69. The van der Waals surface area contributed by atoms with Crippen LogP contribution in [-0.4, -0.2) is 33.2 Å². The Morgan fingerprint density at radius 3 is 2.31 bits per heavy atom. The number of carbonyl (C=O) groups is 1. The van der Waals surface area contributed by atoms with Crippen LogP contribution in [0.4, 0.5) is 0 Å². The first-order valence-corrected chi connectivity index (χ1v) is 7.35. The SMILES string of the molecule is CCCCS(=O)(=O)NCCCCNC(C)=O. The van der Waals surface area contributed by atoms with Gasteiger partial charge in [-0.2, -0.15) is 0 Å². The molecule has 0 rings (SSSR count). The van der Waals surface area contributed by atoms with Gasteiger partial charge in [0.25, 0.3) is 0 Å². The Kier molecular flexibility index (Phi) is 8.19. The van der Waals surface area contributed by atoms with Crippen molar-refractivity contribution < 1.29 is 13.2 Å². The number of sulfonamides is 1. The van der Waals surface area contributed by atoms with Gasteiger partial charge in [0.15, 0.2) is 0 Å². The lowest BCUT2D eigenvalue weighted by Crippen LogP contribution is -2.28. The number of amides is 1. The number of unbranched alkanes of at least 4 members (excludes halogenated alkanes) is 2. The Labute approximate surface area is 98.0 Å². The fourth-order valence-corrected chi connectivity index (χ4v) is 2.42. The summed E-state index contributed by atoms with van der Waals surface area (Å²) in [6, 6.07) is 0. The Balaban J connectivity index is 3.47. The van der Waals surface area contributed by atoms with Gasteiger partial charge in [0.1, 0.15) is 0 Å². The summed E-state index contributed by atoms with van der Waals surface area (Å²) in [7, 11) is -3.08. The summed E-state index contributed by atoms with van der Waals surface area (Å²) in [6.45, 7) is 4.48. The van der Waals surface area contributed by atoms with Crippen molar-refractivity contribution in [1.82, 2.24) is 10.0 Å². The number of hydrogen-bond acceptors (Lipinski definition) is 3. The molecule has 0 aliphatic carbocycles. The first kappa shape index (κ1) is 15.4. The lowest BCUT2D eigenvalue weighted by molar-refractivity contribution is -0.118. The standard InChI is InChI=1S/C10H22N2O3S/c1-3-4-9-16(14,15)12-8-6-5-7-11-10(2)13/h12H,3-9H2,1-2H3,(H,11,13). The molecule has 0 aromatic rings. The molecule has 0 unspecified atom stereocenters. The molecule has 5 nitrogen and oxygen atoms in total. The summed E-state index contributed by atoms with van der Waals surface area (Å²) in [5, 5.41) is 2.66. The predicted molar refractivity (Wildman–Crippen MR) is 64.6 cm³/mol. The number of hydrogen-bond donors (Lipinski definition) is 2. The zero-order valence-corrected chi connectivity index (χ0v) is 10.9. The van der Waals surface area contributed by atoms with Crippen molar-refractivity contribution in [1.29, 1.82) is 0 Å². The Bertz CT molecular complexity index is 288. The normalized spacial score (nSPS) is 11.4. The van der Waals surface area contributed by atoms with E-state index in [1.54, 1.807) is 0 Å². The third kappa shape index (κ3) is 9.92. The van der Waals surface area contributed by atoms with Gasteiger partial charge in [0.2, 0.25) is 15.9 Å². The van der Waals surface area contributed by atoms with Crippen LogP contribution >= 0.6 is 0 Å². The van der Waals surface area contributed by atoms with Crippen LogP contribution in [0.5, 0.6) is 0 Å². The van der Waals surface area contributed by atoms with Crippen LogP contribution in [0, 0.1) is 0 Å². The highest BCUT2D eigenvalue weighted by Gasteiger charge is 2.07. The van der Waals surface area contributed by atoms with Crippen LogP contribution in [-0.2, 0) is 14.8 Å². The molecule has 0 aliphatic rings. The molecule has 0 radical (unpaired) electrons. The van der Waals surface area contributed by atoms with Crippen LogP contribution < -0.4 is 10.0 Å². The predicted octanol–water partition coefficient (Wildman–Crippen LogP) is 0.622. The molecule has 0 fully saturated rings. The molecule has 0 aromatic heterocycles. The quantitative estimate of drug-likeness (QED) is 0.589. The highest BCUT2D eigenvalue weighted by molar-refractivity contribution is 7.89. The molecule has 2 N–H and O–H groups in total. The third-order valence-electron chi connectivity index (χ3n) is 2.07. The second-order valence-electron chi connectivity index (χ2n) is 3.76. The molecule has 0 bridgehead atoms. The zero-order chi connectivity index (χ0) is 12.4. The zero-order valence-electron chi connectivity index (χ0n) is 10.1. The van der Waals surface area contributed by atoms with Crippen molar-refractivity contribution in [3.63, 3.8) is 0 Å². The smallest absolute Gasteiger partial charge is 0.216 e. The lowest BCUT2D eigenvalue weighted by atomic mass is 10.3. The van der Waals surface area contributed by atoms with Gasteiger partial charge in [-0.1, -0.05) is 13.3 Å². The second kappa shape index (κ2) is 8.52. The molecule has 0 saturated heterocycles. The minimum absolute atomic E-state index is 0.0523. The summed E-state index contributed by atoms with van der Waals surface area (Å²) < 4.78 is 25.2. The van der Waals surface area contributed by atoms with Crippen LogP contribution in [0.1, 0.15) is 39.5 Å². The molecule has 96 valence electrons. The summed E-state index contributed by atoms with van der Waals surface area (Å²) in [6.07, 6.45) is 3.10. The number of nitrogens with one attached hydrogen (secondary N) is 2. The van der Waals surface area contributed by atoms with Crippen molar-refractivity contribution in [3.05, 3.63) is 0 Å². The maximum Gasteiger partial charge on any atom is 0.216 e. The highest BCUT2D eigenvalue weighted by atomic mass is 32.2. The van der Waals surface area contributed by atoms with Gasteiger partial charge in [-0.05, 0) is 19.3 Å². The number of carbonyl (C=O) groups excluding carboxylic acids is 1. The highest BCUT2D eigenvalue weighted by Crippen LogP contribution is 1.94. The molecule has 0 atom stereocenters. The lowest BCUT2D eigenvalue weighted by Gasteiger charge is -2.06. The fourth-order valence-electron chi connectivity index (χ4n) is 1.15. The van der Waals surface area contributed by atoms with Crippen molar-refractivity contribution >= 4 is 15.9 Å². The van der Waals surface area contributed by atoms with Gasteiger partial charge in [-0.15, -0.1) is 0 Å². The van der Waals surface area contributed by atoms with Crippen LogP contribution in [0.2, 0.25) is 0 Å². The first-order chi connectivity index (χ1) is 7.48. The van der Waals surface area contributed by atoms with Crippen LogP contribution in [0.25, 0.3) is 0 Å². The molecule has 0 heterocycles. The van der Waals surface area contributed by atoms with E-state index in [2.05, 4.69) is 10.0 Å². The van der Waals surface area contributed by atoms with Gasteiger partial charge in [-0.3, -0.25) is 4.79 Å². The van der Waals surface area contributed by atoms with Gasteiger partial charge >= 0.3 is 0 Å². The van der Waals surface area contributed by atoms with Crippen LogP contribution in [0.3, 0.4) is 0 Å². The molecule has 0 saturated carbocycles. The van der Waals surface area contributed by atoms with Gasteiger partial charge < -0.3 is 5.32 Å². The monoisotopic (exact) mass is 250 g/mol. The maximum absolute atomic E-state index is 11.3. The van der Waals surface area contributed by atoms with E-state index >= 15 is 0 Å². The third-order valence-corrected chi connectivity index (χ3v) is 3.54. The molecular formula is C10H22N2O3S. The molecule has 0 spiro atoms. The van der Waals surface area contributed by atoms with Crippen molar-refractivity contribution in [2.45, 2.75) is 39.5 Å². The molecule has 1 amide bonds. The summed E-state index contributed by atoms with van der Waals surface area (Å²) in [5.74, 6) is 0.151. The summed E-state index contributed by atoms with van der Waals surface area (Å²) in [5.41, 5.74) is 0. The van der Waals surface area contributed by atoms with Crippen molar-refractivity contribution in [2.75, 3.05) is 18.8 Å². The van der Waals surface area contributed by atoms with Crippen LogP contribution in [0.15, 0.2) is 0 Å². The Morgan fingerprint density at radius 2 is 1.75 bits per heavy atom. The second-order valence-corrected chi connectivity index (χ2v) is 5.68. The van der Waals surface area contributed by atoms with E-state index in [0.717, 1.165) is 19.3 Å². The molecule has 0 aromatic carbocycles. The van der Waals surface area contributed by atoms with E-state index < -0.39 is 10.0 Å². The van der Waals surface area contributed by atoms with E-state index in [1.807, 2.05) is 6.92 Å². The maximum atomic E-state index is 11.3. The van der Waals surface area contributed by atoms with Gasteiger partial charge in [0.05, 0.1) is 5.75 Å².